The van der Waals surface area contributed by atoms with Crippen molar-refractivity contribution in [2.24, 2.45) is 0 Å². The van der Waals surface area contributed by atoms with Crippen molar-refractivity contribution in [2.75, 3.05) is 19.6 Å². The van der Waals surface area contributed by atoms with E-state index < -0.39 is 37.5 Å². The van der Waals surface area contributed by atoms with Crippen molar-refractivity contribution in [2.45, 2.75) is 0 Å². The molecule has 0 fully saturated rings. The van der Waals surface area contributed by atoms with Gasteiger partial charge in [0.25, 0.3) is 0 Å². The molecular weight excluding hydrogens is 414 g/mol. The molecule has 0 bridgehead atoms. The molecule has 3 N–H and O–H groups in total. The second-order valence-electron chi connectivity index (χ2n) is 2.33. The monoisotopic (exact) mass is 427 g/mol. The molecule has 0 aliphatic heterocycles. The molecule has 0 aromatic rings. The van der Waals surface area contributed by atoms with Gasteiger partial charge in [0.05, 0.1) is 19.6 Å². The maximum atomic E-state index is 10.1. The Balaban J connectivity index is -0.000000240. The Morgan fingerprint density at radius 1 is 0.867 bits per heavy atom. The second-order valence-corrected chi connectivity index (χ2v) is 2.33. The van der Waals surface area contributed by atoms with Gasteiger partial charge >= 0.3 is 73.7 Å². The molecule has 0 aromatic heterocycles. The first kappa shape index (κ1) is 20.6. The van der Waals surface area contributed by atoms with Gasteiger partial charge in [-0.15, -0.1) is 0 Å². The van der Waals surface area contributed by atoms with Crippen molar-refractivity contribution in [3.05, 3.63) is 0 Å². The van der Waals surface area contributed by atoms with Crippen molar-refractivity contribution in [3.63, 3.8) is 0 Å². The average molecular weight is 427 g/mol. The van der Waals surface area contributed by atoms with Gasteiger partial charge in [-0.25, -0.2) is 0 Å². The standard InChI is InChI=1S/C6H9NO6.Bi.Na.4H/c8-4(9)1-7(2-5(10)11)3-6(12)13;;;;;;/h1-3H2,(H,8,9)(H,10,11)(H,12,13);;;;;;/q;;+1;;;;-1. The van der Waals surface area contributed by atoms with Crippen LogP contribution in [-0.4, -0.2) is 84.0 Å². The number of carboxylic acid groups (broad SMARTS) is 3. The minimum absolute atomic E-state index is 0. The van der Waals surface area contributed by atoms with Gasteiger partial charge in [-0.2, -0.15) is 0 Å². The number of hydrogen-bond donors (Lipinski definition) is 3. The van der Waals surface area contributed by atoms with E-state index in [0.29, 0.717) is 0 Å². The fourth-order valence-corrected chi connectivity index (χ4v) is 0.742. The third kappa shape index (κ3) is 14.3. The van der Waals surface area contributed by atoms with Crippen molar-refractivity contribution >= 4 is 44.1 Å². The van der Waals surface area contributed by atoms with Crippen LogP contribution >= 0.6 is 0 Å². The number of aliphatic carboxylic acids is 3. The molecule has 0 unspecified atom stereocenters. The van der Waals surface area contributed by atoms with Crippen LogP contribution < -0.4 is 29.6 Å². The molecule has 0 atom stereocenters. The van der Waals surface area contributed by atoms with E-state index in [1.54, 1.807) is 0 Å². The first-order valence-corrected chi connectivity index (χ1v) is 3.29. The number of hydrogen-bond acceptors (Lipinski definition) is 4. The summed E-state index contributed by atoms with van der Waals surface area (Å²) in [6.45, 7) is -1.80. The Bertz CT molecular complexity index is 203. The molecule has 0 aromatic carbocycles. The molecule has 15 heavy (non-hydrogen) atoms. The topological polar surface area (TPSA) is 115 Å². The first-order valence-electron chi connectivity index (χ1n) is 3.29. The molecule has 0 saturated heterocycles. The zero-order valence-corrected chi connectivity index (χ0v) is 15.8. The van der Waals surface area contributed by atoms with Crippen LogP contribution in [0.1, 0.15) is 1.43 Å². The summed E-state index contributed by atoms with van der Waals surface area (Å²) < 4.78 is 0. The number of carbonyl (C=O) groups is 3. The third-order valence-corrected chi connectivity index (χ3v) is 1.08. The number of carboxylic acids is 3. The molecule has 0 aliphatic rings. The summed E-state index contributed by atoms with van der Waals surface area (Å²) in [5.41, 5.74) is 0. The van der Waals surface area contributed by atoms with Crippen LogP contribution in [0.3, 0.4) is 0 Å². The van der Waals surface area contributed by atoms with Gasteiger partial charge in [0.1, 0.15) is 0 Å². The van der Waals surface area contributed by atoms with Gasteiger partial charge in [-0.1, -0.05) is 0 Å². The van der Waals surface area contributed by atoms with E-state index in [2.05, 4.69) is 0 Å². The van der Waals surface area contributed by atoms with E-state index in [-0.39, 0.29) is 57.2 Å². The van der Waals surface area contributed by atoms with E-state index in [1.165, 1.54) is 0 Å². The third-order valence-electron chi connectivity index (χ3n) is 1.08. The Labute approximate surface area is 128 Å². The zero-order valence-electron chi connectivity index (χ0n) is 9.34. The Kier molecular flexibility index (Phi) is 14.8. The van der Waals surface area contributed by atoms with E-state index in [4.69, 9.17) is 15.3 Å². The van der Waals surface area contributed by atoms with Crippen LogP contribution in [-0.2, 0) is 14.4 Å². The van der Waals surface area contributed by atoms with Crippen LogP contribution in [0.15, 0.2) is 0 Å². The Morgan fingerprint density at radius 2 is 1.07 bits per heavy atom. The summed E-state index contributed by atoms with van der Waals surface area (Å²) in [6.07, 6.45) is 0. The van der Waals surface area contributed by atoms with Crippen molar-refractivity contribution in [3.8, 4) is 0 Å². The second kappa shape index (κ2) is 10.8. The fraction of sp³-hybridized carbons (Fsp3) is 0.500. The van der Waals surface area contributed by atoms with Gasteiger partial charge in [0.15, 0.2) is 0 Å². The summed E-state index contributed by atoms with van der Waals surface area (Å²) in [5.74, 6) is -3.78. The molecular formula is C6H13BiNNaO6. The number of rotatable bonds is 6. The van der Waals surface area contributed by atoms with E-state index in [1.807, 2.05) is 0 Å². The van der Waals surface area contributed by atoms with Crippen molar-refractivity contribution < 1.29 is 60.7 Å². The summed E-state index contributed by atoms with van der Waals surface area (Å²) in [4.78, 5) is 31.2. The molecule has 0 aliphatic carbocycles. The molecule has 0 saturated carbocycles. The SMILES string of the molecule is O=C(O)CN(CC(=O)O)CC(=O)O.[BiH3].[H-].[Na+]. The molecule has 7 nitrogen and oxygen atoms in total. The van der Waals surface area contributed by atoms with Crippen LogP contribution in [0.25, 0.3) is 0 Å². The maximum Gasteiger partial charge on any atom is 1.00 e. The van der Waals surface area contributed by atoms with Crippen LogP contribution in [0.5, 0.6) is 0 Å². The molecule has 0 radical (unpaired) electrons. The molecule has 0 spiro atoms. The van der Waals surface area contributed by atoms with Gasteiger partial charge in [0.2, 0.25) is 0 Å². The largest absolute Gasteiger partial charge is 1.00 e. The van der Waals surface area contributed by atoms with E-state index >= 15 is 0 Å². The van der Waals surface area contributed by atoms with Crippen LogP contribution in [0, 0.1) is 0 Å². The summed E-state index contributed by atoms with van der Waals surface area (Å²) in [5, 5.41) is 24.8. The molecule has 84 valence electrons. The Hall–Kier alpha value is 0.253. The minimum atomic E-state index is -1.26. The molecule has 0 rings (SSSR count). The smallest absolute Gasteiger partial charge is 1.00 e. The number of nitrogens with zero attached hydrogens (tertiary/aromatic N) is 1. The summed E-state index contributed by atoms with van der Waals surface area (Å²) >= 11 is 0. The molecule has 0 heterocycles. The summed E-state index contributed by atoms with van der Waals surface area (Å²) in [7, 11) is 0. The van der Waals surface area contributed by atoms with E-state index in [9.17, 15) is 14.4 Å². The van der Waals surface area contributed by atoms with Gasteiger partial charge in [-0.05, 0) is 0 Å². The Morgan fingerprint density at radius 3 is 1.20 bits per heavy atom. The predicted molar refractivity (Wildman–Crippen MR) is 50.4 cm³/mol. The van der Waals surface area contributed by atoms with Crippen LogP contribution in [0.4, 0.5) is 0 Å². The average Bonchev–Trinajstić information content (AvgIpc) is 1.80. The van der Waals surface area contributed by atoms with Crippen molar-refractivity contribution in [1.29, 1.82) is 0 Å². The van der Waals surface area contributed by atoms with Crippen molar-refractivity contribution in [1.82, 2.24) is 4.90 Å². The zero-order chi connectivity index (χ0) is 10.4. The van der Waals surface area contributed by atoms with Gasteiger partial charge < -0.3 is 16.7 Å². The molecule has 9 heteroatoms. The first-order chi connectivity index (χ1) is 5.91. The molecule has 0 amide bonds. The summed E-state index contributed by atoms with van der Waals surface area (Å²) in [6, 6.07) is 0. The maximum absolute atomic E-state index is 10.1. The predicted octanol–water partition coefficient (Wildman–Crippen LogP) is -5.53. The normalized spacial score (nSPS) is 8.60. The van der Waals surface area contributed by atoms with Crippen LogP contribution in [0.2, 0.25) is 0 Å². The quantitative estimate of drug-likeness (QED) is 0.363. The van der Waals surface area contributed by atoms with Gasteiger partial charge in [0, 0.05) is 0 Å². The fourth-order valence-electron chi connectivity index (χ4n) is 0.742. The van der Waals surface area contributed by atoms with Gasteiger partial charge in [-0.3, -0.25) is 19.3 Å². The van der Waals surface area contributed by atoms with E-state index in [0.717, 1.165) is 4.90 Å². The minimum Gasteiger partial charge on any atom is -1.00 e.